The van der Waals surface area contributed by atoms with Crippen molar-refractivity contribution in [3.63, 3.8) is 0 Å². The van der Waals surface area contributed by atoms with Crippen molar-refractivity contribution >= 4 is 17.7 Å². The molecule has 3 saturated heterocycles. The fourth-order valence-electron chi connectivity index (χ4n) is 6.51. The summed E-state index contributed by atoms with van der Waals surface area (Å²) in [5, 5.41) is 0. The van der Waals surface area contributed by atoms with E-state index in [-0.39, 0.29) is 17.4 Å². The number of anilines is 1. The molecule has 4 aliphatic heterocycles. The lowest BCUT2D eigenvalue weighted by atomic mass is 9.73. The maximum atomic E-state index is 12.2. The van der Waals surface area contributed by atoms with Gasteiger partial charge in [-0.15, -0.1) is 0 Å². The van der Waals surface area contributed by atoms with Gasteiger partial charge in [0.1, 0.15) is 0 Å². The minimum Gasteiger partial charge on any atom is -0.453 e. The molecule has 6 nitrogen and oxygen atoms in total. The zero-order valence-corrected chi connectivity index (χ0v) is 17.5. The summed E-state index contributed by atoms with van der Waals surface area (Å²) in [5.41, 5.74) is 2.57. The number of carbonyl (C=O) groups is 2. The minimum atomic E-state index is -0.152. The van der Waals surface area contributed by atoms with Crippen molar-refractivity contribution in [2.45, 2.75) is 69.0 Å². The maximum Gasteiger partial charge on any atom is 0.409 e. The van der Waals surface area contributed by atoms with Crippen molar-refractivity contribution in [2.24, 2.45) is 0 Å². The molecule has 2 unspecified atom stereocenters. The molecule has 4 heterocycles. The Morgan fingerprint density at radius 2 is 1.69 bits per heavy atom. The van der Waals surface area contributed by atoms with Gasteiger partial charge in [0.25, 0.3) is 0 Å². The van der Waals surface area contributed by atoms with Gasteiger partial charge in [0.2, 0.25) is 5.91 Å². The van der Waals surface area contributed by atoms with Crippen LogP contribution < -0.4 is 4.90 Å². The van der Waals surface area contributed by atoms with E-state index in [1.807, 2.05) is 15.9 Å². The lowest BCUT2D eigenvalue weighted by Crippen LogP contribution is -2.55. The van der Waals surface area contributed by atoms with Crippen molar-refractivity contribution in [1.29, 1.82) is 0 Å². The van der Waals surface area contributed by atoms with Crippen LogP contribution in [0.5, 0.6) is 0 Å². The molecule has 3 fully saturated rings. The predicted molar refractivity (Wildman–Crippen MR) is 111 cm³/mol. The van der Waals surface area contributed by atoms with E-state index >= 15 is 0 Å². The number of benzene rings is 1. The van der Waals surface area contributed by atoms with Gasteiger partial charge in [0, 0.05) is 42.7 Å². The van der Waals surface area contributed by atoms with Crippen LogP contribution in [-0.4, -0.2) is 66.7 Å². The van der Waals surface area contributed by atoms with Crippen LogP contribution in [0.4, 0.5) is 10.5 Å². The van der Waals surface area contributed by atoms with Crippen molar-refractivity contribution in [1.82, 2.24) is 9.80 Å². The van der Waals surface area contributed by atoms with Crippen LogP contribution in [0.3, 0.4) is 0 Å². The predicted octanol–water partition coefficient (Wildman–Crippen LogP) is 3.15. The standard InChI is InChI=1S/C23H31N3O3/c1-16(27)25-15-23(20-5-3-4-6-21(20)25)9-11-24(12-10-23)19-13-17-7-8-18(14-19)26(17)22(28)29-2/h3-6,17-19H,7-15H2,1-2H3. The SMILES string of the molecule is COC(=O)N1C2CCC1CC(N1CCC3(CC1)CN(C(C)=O)c1ccccc13)C2. The Kier molecular flexibility index (Phi) is 4.57. The summed E-state index contributed by atoms with van der Waals surface area (Å²) in [4.78, 5) is 31.0. The molecule has 29 heavy (non-hydrogen) atoms. The highest BCUT2D eigenvalue weighted by molar-refractivity contribution is 5.94. The van der Waals surface area contributed by atoms with Crippen LogP contribution in [0.25, 0.3) is 0 Å². The number of piperidine rings is 2. The van der Waals surface area contributed by atoms with E-state index < -0.39 is 0 Å². The van der Waals surface area contributed by atoms with Crippen molar-refractivity contribution in [3.05, 3.63) is 29.8 Å². The highest BCUT2D eigenvalue weighted by Crippen LogP contribution is 2.48. The van der Waals surface area contributed by atoms with Gasteiger partial charge in [0.05, 0.1) is 7.11 Å². The van der Waals surface area contributed by atoms with Gasteiger partial charge in [-0.25, -0.2) is 4.79 Å². The molecule has 2 atom stereocenters. The number of amides is 2. The smallest absolute Gasteiger partial charge is 0.409 e. The van der Waals surface area contributed by atoms with Gasteiger partial charge < -0.3 is 19.4 Å². The minimum absolute atomic E-state index is 0.102. The van der Waals surface area contributed by atoms with Gasteiger partial charge in [0.15, 0.2) is 0 Å². The van der Waals surface area contributed by atoms with Gasteiger partial charge in [-0.1, -0.05) is 18.2 Å². The van der Waals surface area contributed by atoms with Gasteiger partial charge >= 0.3 is 6.09 Å². The average Bonchev–Trinajstić information content (AvgIpc) is 3.20. The molecule has 0 N–H and O–H groups in total. The second-order valence-corrected chi connectivity index (χ2v) is 9.33. The Bertz CT molecular complexity index is 803. The quantitative estimate of drug-likeness (QED) is 0.731. The second-order valence-electron chi connectivity index (χ2n) is 9.33. The molecule has 1 spiro atoms. The molecular weight excluding hydrogens is 366 g/mol. The Morgan fingerprint density at radius 1 is 1.03 bits per heavy atom. The van der Waals surface area contributed by atoms with Crippen LogP contribution in [0, 0.1) is 0 Å². The summed E-state index contributed by atoms with van der Waals surface area (Å²) in [6, 6.07) is 9.70. The first-order valence-corrected chi connectivity index (χ1v) is 11.0. The van der Waals surface area contributed by atoms with Crippen LogP contribution in [0.2, 0.25) is 0 Å². The molecule has 0 aromatic heterocycles. The number of nitrogens with zero attached hydrogens (tertiary/aromatic N) is 3. The molecule has 2 bridgehead atoms. The van der Waals surface area contributed by atoms with Crippen LogP contribution in [0.15, 0.2) is 24.3 Å². The highest BCUT2D eigenvalue weighted by Gasteiger charge is 2.49. The normalized spacial score (nSPS) is 30.5. The molecule has 0 radical (unpaired) electrons. The number of hydrogen-bond acceptors (Lipinski definition) is 4. The largest absolute Gasteiger partial charge is 0.453 e. The molecule has 5 rings (SSSR count). The van der Waals surface area contributed by atoms with E-state index in [0.29, 0.717) is 18.1 Å². The van der Waals surface area contributed by atoms with Crippen molar-refractivity contribution in [3.8, 4) is 0 Å². The van der Waals surface area contributed by atoms with E-state index in [1.54, 1.807) is 6.92 Å². The number of likely N-dealkylation sites (tertiary alicyclic amines) is 1. The van der Waals surface area contributed by atoms with Gasteiger partial charge in [-0.2, -0.15) is 0 Å². The van der Waals surface area contributed by atoms with Gasteiger partial charge in [-0.3, -0.25) is 4.79 Å². The Morgan fingerprint density at radius 3 is 2.31 bits per heavy atom. The van der Waals surface area contributed by atoms with Crippen LogP contribution in [-0.2, 0) is 14.9 Å². The summed E-state index contributed by atoms with van der Waals surface area (Å²) in [7, 11) is 1.49. The molecule has 1 aromatic carbocycles. The van der Waals surface area contributed by atoms with Crippen LogP contribution in [0.1, 0.15) is 51.0 Å². The lowest BCUT2D eigenvalue weighted by molar-refractivity contribution is -0.116. The molecule has 156 valence electrons. The van der Waals surface area contributed by atoms with E-state index in [1.165, 1.54) is 12.7 Å². The fourth-order valence-corrected chi connectivity index (χ4v) is 6.51. The second kappa shape index (κ2) is 7.01. The number of rotatable bonds is 1. The maximum absolute atomic E-state index is 12.2. The van der Waals surface area contributed by atoms with E-state index in [0.717, 1.165) is 63.8 Å². The van der Waals surface area contributed by atoms with Crippen molar-refractivity contribution < 1.29 is 14.3 Å². The van der Waals surface area contributed by atoms with E-state index in [2.05, 4.69) is 23.1 Å². The van der Waals surface area contributed by atoms with E-state index in [9.17, 15) is 9.59 Å². The number of hydrogen-bond donors (Lipinski definition) is 0. The summed E-state index contributed by atoms with van der Waals surface area (Å²) in [5.74, 6) is 0.142. The monoisotopic (exact) mass is 397 g/mol. The topological polar surface area (TPSA) is 53.1 Å². The zero-order valence-electron chi connectivity index (χ0n) is 17.5. The molecular formula is C23H31N3O3. The first-order valence-electron chi connectivity index (χ1n) is 11.0. The number of ether oxygens (including phenoxy) is 1. The number of fused-ring (bicyclic) bond motifs is 4. The summed E-state index contributed by atoms with van der Waals surface area (Å²) >= 11 is 0. The molecule has 2 amide bonds. The zero-order chi connectivity index (χ0) is 20.2. The Hall–Kier alpha value is -2.08. The third-order valence-corrected chi connectivity index (χ3v) is 7.97. The third kappa shape index (κ3) is 2.95. The van der Waals surface area contributed by atoms with Crippen LogP contribution >= 0.6 is 0 Å². The Balaban J connectivity index is 1.29. The summed E-state index contributed by atoms with van der Waals surface area (Å²) < 4.78 is 5.02. The molecule has 0 aliphatic carbocycles. The molecule has 0 saturated carbocycles. The summed E-state index contributed by atoms with van der Waals surface area (Å²) in [6.45, 7) is 4.64. The lowest BCUT2D eigenvalue weighted by Gasteiger charge is -2.47. The first-order chi connectivity index (χ1) is 14.0. The van der Waals surface area contributed by atoms with Crippen molar-refractivity contribution in [2.75, 3.05) is 31.6 Å². The summed E-state index contributed by atoms with van der Waals surface area (Å²) in [6.07, 6.45) is 6.38. The number of methoxy groups -OCH3 is 1. The number of para-hydroxylation sites is 1. The average molecular weight is 398 g/mol. The Labute approximate surface area is 172 Å². The van der Waals surface area contributed by atoms with Gasteiger partial charge in [-0.05, 0) is 63.2 Å². The number of carbonyl (C=O) groups excluding carboxylic acids is 2. The molecule has 6 heteroatoms. The van der Waals surface area contributed by atoms with E-state index in [4.69, 9.17) is 4.74 Å². The first kappa shape index (κ1) is 18.9. The third-order valence-electron chi connectivity index (χ3n) is 7.97. The molecule has 4 aliphatic rings. The highest BCUT2D eigenvalue weighted by atomic mass is 16.5. The fraction of sp³-hybridized carbons (Fsp3) is 0.652. The molecule has 1 aromatic rings.